The van der Waals surface area contributed by atoms with Gasteiger partial charge in [-0.1, -0.05) is 6.92 Å². The fraction of sp³-hybridized carbons (Fsp3) is 0.389. The first-order chi connectivity index (χ1) is 22.8. The molecule has 1 saturated carbocycles. The molecule has 250 valence electrons. The number of nitrogens with one attached hydrogen (secondary N) is 1. The fourth-order valence-corrected chi connectivity index (χ4v) is 5.40. The maximum atomic E-state index is 13.7. The molecule has 3 N–H and O–H groups in total. The molecule has 1 aliphatic carbocycles. The second-order valence-electron chi connectivity index (χ2n) is 11.5. The van der Waals surface area contributed by atoms with Crippen molar-refractivity contribution in [1.29, 1.82) is 0 Å². The van der Waals surface area contributed by atoms with Crippen LogP contribution in [0.25, 0.3) is 22.3 Å². The van der Waals surface area contributed by atoms with Crippen LogP contribution in [0.2, 0.25) is 0 Å². The van der Waals surface area contributed by atoms with Crippen LogP contribution in [0.15, 0.2) is 65.1 Å². The number of anilines is 1. The average molecular weight is 649 g/mol. The summed E-state index contributed by atoms with van der Waals surface area (Å²) >= 11 is 0. The molecular formula is C36H41FN2O8. The summed E-state index contributed by atoms with van der Waals surface area (Å²) in [4.78, 5) is 26.2. The van der Waals surface area contributed by atoms with Gasteiger partial charge in [0.2, 0.25) is 0 Å². The van der Waals surface area contributed by atoms with Crippen molar-refractivity contribution in [1.82, 2.24) is 5.32 Å². The van der Waals surface area contributed by atoms with Crippen molar-refractivity contribution in [2.45, 2.75) is 38.2 Å². The Morgan fingerprint density at radius 3 is 2.32 bits per heavy atom. The lowest BCUT2D eigenvalue weighted by molar-refractivity contribution is 0.0380. The van der Waals surface area contributed by atoms with Gasteiger partial charge in [-0.25, -0.2) is 9.18 Å². The minimum atomic E-state index is -0.986. The fourth-order valence-electron chi connectivity index (χ4n) is 5.40. The normalized spacial score (nSPS) is 13.4. The molecule has 1 aromatic heterocycles. The Morgan fingerprint density at radius 1 is 1.00 bits per heavy atom. The zero-order chi connectivity index (χ0) is 33.3. The van der Waals surface area contributed by atoms with Gasteiger partial charge < -0.3 is 39.1 Å². The predicted molar refractivity (Wildman–Crippen MR) is 176 cm³/mol. The lowest BCUT2D eigenvalue weighted by atomic mass is 9.99. The largest absolute Gasteiger partial charge is 0.491 e. The number of aliphatic hydroxyl groups is 1. The van der Waals surface area contributed by atoms with Crippen LogP contribution in [0.4, 0.5) is 10.1 Å². The Hall–Kier alpha value is -4.45. The number of carbonyl (C=O) groups is 2. The van der Waals surface area contributed by atoms with E-state index in [9.17, 15) is 19.1 Å². The number of carboxylic acids is 1. The van der Waals surface area contributed by atoms with Gasteiger partial charge in [0.25, 0.3) is 5.91 Å². The summed E-state index contributed by atoms with van der Waals surface area (Å²) in [5.74, 6) is -0.363. The highest BCUT2D eigenvalue weighted by molar-refractivity contribution is 6.11. The number of fused-ring (bicyclic) bond motifs is 1. The molecular weight excluding hydrogens is 607 g/mol. The molecule has 1 unspecified atom stereocenters. The number of furan rings is 1. The van der Waals surface area contributed by atoms with E-state index in [0.29, 0.717) is 92.1 Å². The van der Waals surface area contributed by atoms with E-state index in [4.69, 9.17) is 23.7 Å². The van der Waals surface area contributed by atoms with E-state index in [2.05, 4.69) is 10.2 Å². The molecule has 1 heterocycles. The standard InChI is InChI=1S/C36H41FN2O8/c1-3-27(40)22-39(14-15-44-16-17-45-18-19-46-28-12-8-25(9-13-28)36(42)43)31-21-32-30(20-29(31)23-4-5-23)33(35(41)38-2)34(47-32)24-6-10-26(37)11-7-24/h6-13,20-21,23,27,40H,3-5,14-19,22H2,1-2H3,(H,38,41)(H,42,43). The molecule has 4 aromatic rings. The lowest BCUT2D eigenvalue weighted by Crippen LogP contribution is -2.35. The Labute approximate surface area is 273 Å². The summed E-state index contributed by atoms with van der Waals surface area (Å²) in [5, 5.41) is 23.1. The third-order valence-electron chi connectivity index (χ3n) is 8.13. The van der Waals surface area contributed by atoms with Crippen LogP contribution in [0.1, 0.15) is 58.4 Å². The molecule has 0 spiro atoms. The highest BCUT2D eigenvalue weighted by atomic mass is 19.1. The van der Waals surface area contributed by atoms with Gasteiger partial charge in [-0.05, 0) is 85.3 Å². The number of ether oxygens (including phenoxy) is 3. The number of aromatic carboxylic acids is 1. The first-order valence-electron chi connectivity index (χ1n) is 15.9. The van der Waals surface area contributed by atoms with Crippen LogP contribution in [0.5, 0.6) is 5.75 Å². The number of aliphatic hydroxyl groups excluding tert-OH is 1. The third-order valence-corrected chi connectivity index (χ3v) is 8.13. The zero-order valence-electron chi connectivity index (χ0n) is 26.7. The van der Waals surface area contributed by atoms with Crippen LogP contribution in [0.3, 0.4) is 0 Å². The number of amides is 1. The van der Waals surface area contributed by atoms with Gasteiger partial charge in [0.1, 0.15) is 29.5 Å². The highest BCUT2D eigenvalue weighted by Gasteiger charge is 2.31. The van der Waals surface area contributed by atoms with Gasteiger partial charge in [-0.15, -0.1) is 0 Å². The van der Waals surface area contributed by atoms with Crippen molar-refractivity contribution in [3.05, 3.63) is 83.2 Å². The summed E-state index contributed by atoms with van der Waals surface area (Å²) in [5.41, 5.74) is 3.78. The predicted octanol–water partition coefficient (Wildman–Crippen LogP) is 5.86. The molecule has 11 heteroatoms. The van der Waals surface area contributed by atoms with Gasteiger partial charge in [0, 0.05) is 42.8 Å². The summed E-state index contributed by atoms with van der Waals surface area (Å²) < 4.78 is 37.1. The van der Waals surface area contributed by atoms with Crippen LogP contribution < -0.4 is 15.0 Å². The van der Waals surface area contributed by atoms with E-state index < -0.39 is 12.1 Å². The van der Waals surface area contributed by atoms with Crippen molar-refractivity contribution in [3.63, 3.8) is 0 Å². The highest BCUT2D eigenvalue weighted by Crippen LogP contribution is 2.47. The second kappa shape index (κ2) is 15.9. The first kappa shape index (κ1) is 33.9. The van der Waals surface area contributed by atoms with Crippen molar-refractivity contribution in [3.8, 4) is 17.1 Å². The molecule has 0 radical (unpaired) electrons. The maximum absolute atomic E-state index is 13.7. The Morgan fingerprint density at radius 2 is 1.68 bits per heavy atom. The number of benzene rings is 3. The number of rotatable bonds is 18. The molecule has 47 heavy (non-hydrogen) atoms. The first-order valence-corrected chi connectivity index (χ1v) is 15.9. The molecule has 10 nitrogen and oxygen atoms in total. The van der Waals surface area contributed by atoms with Gasteiger partial charge in [0.05, 0.1) is 43.7 Å². The van der Waals surface area contributed by atoms with Gasteiger partial charge in [-0.2, -0.15) is 0 Å². The van der Waals surface area contributed by atoms with Crippen molar-refractivity contribution in [2.75, 3.05) is 58.1 Å². The summed E-state index contributed by atoms with van der Waals surface area (Å²) in [7, 11) is 1.57. The molecule has 1 fully saturated rings. The molecule has 1 amide bonds. The molecule has 5 rings (SSSR count). The Balaban J connectivity index is 1.24. The minimum Gasteiger partial charge on any atom is -0.491 e. The van der Waals surface area contributed by atoms with Crippen molar-refractivity contribution < 1.29 is 42.8 Å². The van der Waals surface area contributed by atoms with Crippen molar-refractivity contribution >= 4 is 28.5 Å². The van der Waals surface area contributed by atoms with Gasteiger partial charge in [-0.3, -0.25) is 4.79 Å². The molecule has 0 bridgehead atoms. The van der Waals surface area contributed by atoms with E-state index in [1.54, 1.807) is 31.3 Å². The van der Waals surface area contributed by atoms with Crippen molar-refractivity contribution in [2.24, 2.45) is 0 Å². The van der Waals surface area contributed by atoms with Crippen LogP contribution in [-0.2, 0) is 9.47 Å². The number of hydrogen-bond acceptors (Lipinski definition) is 8. The van der Waals surface area contributed by atoms with E-state index in [1.165, 1.54) is 24.3 Å². The monoisotopic (exact) mass is 648 g/mol. The molecule has 0 saturated heterocycles. The number of halogens is 1. The summed E-state index contributed by atoms with van der Waals surface area (Å²) in [6, 6.07) is 16.1. The Kier molecular flexibility index (Phi) is 11.5. The lowest BCUT2D eigenvalue weighted by Gasteiger charge is -2.29. The summed E-state index contributed by atoms with van der Waals surface area (Å²) in [6.45, 7) is 4.68. The van der Waals surface area contributed by atoms with E-state index in [-0.39, 0.29) is 17.3 Å². The second-order valence-corrected chi connectivity index (χ2v) is 11.5. The zero-order valence-corrected chi connectivity index (χ0v) is 26.7. The number of nitrogens with zero attached hydrogens (tertiary/aromatic N) is 1. The molecule has 0 aliphatic heterocycles. The molecule has 1 aliphatic rings. The van der Waals surface area contributed by atoms with E-state index >= 15 is 0 Å². The number of hydrogen-bond donors (Lipinski definition) is 3. The van der Waals surface area contributed by atoms with Gasteiger partial charge in [0.15, 0.2) is 0 Å². The smallest absolute Gasteiger partial charge is 0.335 e. The maximum Gasteiger partial charge on any atom is 0.335 e. The summed E-state index contributed by atoms with van der Waals surface area (Å²) in [6.07, 6.45) is 2.11. The number of carboxylic acid groups (broad SMARTS) is 1. The topological polar surface area (TPSA) is 131 Å². The van der Waals surface area contributed by atoms with E-state index in [1.807, 2.05) is 19.1 Å². The van der Waals surface area contributed by atoms with E-state index in [0.717, 1.165) is 24.1 Å². The molecule has 1 atom stereocenters. The van der Waals surface area contributed by atoms with Crippen LogP contribution in [-0.4, -0.2) is 81.4 Å². The Bertz CT molecular complexity index is 1650. The quantitative estimate of drug-likeness (QED) is 0.114. The number of carbonyl (C=O) groups excluding carboxylic acids is 1. The van der Waals surface area contributed by atoms with Crippen LogP contribution >= 0.6 is 0 Å². The van der Waals surface area contributed by atoms with Gasteiger partial charge >= 0.3 is 5.97 Å². The average Bonchev–Trinajstić information content (AvgIpc) is 3.86. The SMILES string of the molecule is CCC(O)CN(CCOCCOCCOc1ccc(C(=O)O)cc1)c1cc2oc(-c3ccc(F)cc3)c(C(=O)NC)c2cc1C1CC1. The minimum absolute atomic E-state index is 0.199. The third kappa shape index (κ3) is 8.68. The van der Waals surface area contributed by atoms with Crippen LogP contribution in [0, 0.1) is 5.82 Å². The molecule has 3 aromatic carbocycles.